The fourth-order valence-electron chi connectivity index (χ4n) is 4.34. The van der Waals surface area contributed by atoms with Crippen molar-refractivity contribution < 1.29 is 4.79 Å². The van der Waals surface area contributed by atoms with Crippen LogP contribution >= 0.6 is 0 Å². The van der Waals surface area contributed by atoms with E-state index in [4.69, 9.17) is 0 Å². The smallest absolute Gasteiger partial charge is 0.223 e. The van der Waals surface area contributed by atoms with Gasteiger partial charge in [-0.25, -0.2) is 0 Å². The Morgan fingerprint density at radius 2 is 1.60 bits per heavy atom. The Morgan fingerprint density at radius 1 is 0.960 bits per heavy atom. The Labute approximate surface area is 155 Å². The molecule has 0 aliphatic carbocycles. The summed E-state index contributed by atoms with van der Waals surface area (Å²) in [6, 6.07) is 0.606. The first-order valence-corrected chi connectivity index (χ1v) is 10.7. The molecule has 2 fully saturated rings. The molecule has 2 rings (SSSR count). The van der Waals surface area contributed by atoms with E-state index in [0.29, 0.717) is 11.9 Å². The zero-order valence-electron chi connectivity index (χ0n) is 17.1. The fourth-order valence-corrected chi connectivity index (χ4v) is 4.34. The molecular formula is C21H41N3O. The predicted octanol–water partition coefficient (Wildman–Crippen LogP) is 3.37. The van der Waals surface area contributed by atoms with E-state index >= 15 is 0 Å². The van der Waals surface area contributed by atoms with Crippen LogP contribution < -0.4 is 5.32 Å². The molecule has 25 heavy (non-hydrogen) atoms. The summed E-state index contributed by atoms with van der Waals surface area (Å²) in [5.74, 6) is 2.30. The number of nitrogens with zero attached hydrogens (tertiary/aromatic N) is 2. The summed E-state index contributed by atoms with van der Waals surface area (Å²) >= 11 is 0. The highest BCUT2D eigenvalue weighted by molar-refractivity contribution is 5.78. The van der Waals surface area contributed by atoms with Gasteiger partial charge in [0.15, 0.2) is 0 Å². The van der Waals surface area contributed by atoms with Gasteiger partial charge in [0, 0.05) is 18.5 Å². The lowest BCUT2D eigenvalue weighted by molar-refractivity contribution is -0.126. The van der Waals surface area contributed by atoms with E-state index in [1.165, 1.54) is 38.9 Å². The number of piperidine rings is 2. The molecule has 0 radical (unpaired) electrons. The molecule has 2 heterocycles. The number of hydrogen-bond acceptors (Lipinski definition) is 3. The molecule has 0 aromatic heterocycles. The average molecular weight is 352 g/mol. The number of hydrogen-bond donors (Lipinski definition) is 1. The van der Waals surface area contributed by atoms with Gasteiger partial charge in [0.2, 0.25) is 5.91 Å². The largest absolute Gasteiger partial charge is 0.356 e. The Hall–Kier alpha value is -0.610. The Bertz CT molecular complexity index is 381. The lowest BCUT2D eigenvalue weighted by atomic mass is 9.87. The molecule has 146 valence electrons. The summed E-state index contributed by atoms with van der Waals surface area (Å²) < 4.78 is 0. The first kappa shape index (κ1) is 20.7. The molecule has 4 nitrogen and oxygen atoms in total. The summed E-state index contributed by atoms with van der Waals surface area (Å²) in [7, 11) is 0. The first-order chi connectivity index (χ1) is 12.0. The molecule has 0 atom stereocenters. The van der Waals surface area contributed by atoms with Crippen LogP contribution in [0.4, 0.5) is 0 Å². The molecule has 0 unspecified atom stereocenters. The van der Waals surface area contributed by atoms with Crippen LogP contribution in [-0.2, 0) is 4.79 Å². The second kappa shape index (κ2) is 10.5. The average Bonchev–Trinajstić information content (AvgIpc) is 2.61. The summed E-state index contributed by atoms with van der Waals surface area (Å²) in [6.45, 7) is 15.9. The van der Waals surface area contributed by atoms with E-state index < -0.39 is 0 Å². The van der Waals surface area contributed by atoms with E-state index in [2.05, 4.69) is 42.8 Å². The SMILES string of the molecule is CC(C)C1CCN(CCCCNC(=O)C2CCN(C(C)C)CC2)CC1. The molecule has 0 aromatic rings. The van der Waals surface area contributed by atoms with Crippen LogP contribution in [-0.4, -0.2) is 61.0 Å². The second-order valence-electron chi connectivity index (χ2n) is 8.83. The molecular weight excluding hydrogens is 310 g/mol. The van der Waals surface area contributed by atoms with Crippen molar-refractivity contribution >= 4 is 5.91 Å². The number of carbonyl (C=O) groups excluding carboxylic acids is 1. The van der Waals surface area contributed by atoms with Crippen LogP contribution in [0.15, 0.2) is 0 Å². The van der Waals surface area contributed by atoms with Crippen LogP contribution in [0.5, 0.6) is 0 Å². The Morgan fingerprint density at radius 3 is 2.16 bits per heavy atom. The first-order valence-electron chi connectivity index (χ1n) is 10.7. The second-order valence-corrected chi connectivity index (χ2v) is 8.83. The van der Waals surface area contributed by atoms with E-state index in [9.17, 15) is 4.79 Å². The van der Waals surface area contributed by atoms with Crippen molar-refractivity contribution in [3.8, 4) is 0 Å². The van der Waals surface area contributed by atoms with Gasteiger partial charge >= 0.3 is 0 Å². The predicted molar refractivity (Wildman–Crippen MR) is 106 cm³/mol. The molecule has 0 saturated carbocycles. The number of amides is 1. The lowest BCUT2D eigenvalue weighted by Gasteiger charge is -2.34. The van der Waals surface area contributed by atoms with Crippen molar-refractivity contribution in [3.05, 3.63) is 0 Å². The molecule has 4 heteroatoms. The molecule has 2 aliphatic rings. The van der Waals surface area contributed by atoms with E-state index in [-0.39, 0.29) is 5.92 Å². The maximum Gasteiger partial charge on any atom is 0.223 e. The number of likely N-dealkylation sites (tertiary alicyclic amines) is 2. The minimum Gasteiger partial charge on any atom is -0.356 e. The maximum absolute atomic E-state index is 12.3. The quantitative estimate of drug-likeness (QED) is 0.681. The van der Waals surface area contributed by atoms with Crippen molar-refractivity contribution in [1.82, 2.24) is 15.1 Å². The summed E-state index contributed by atoms with van der Waals surface area (Å²) in [4.78, 5) is 17.4. The van der Waals surface area contributed by atoms with Gasteiger partial charge in [0.1, 0.15) is 0 Å². The van der Waals surface area contributed by atoms with E-state index in [1.54, 1.807) is 0 Å². The van der Waals surface area contributed by atoms with Crippen molar-refractivity contribution in [1.29, 1.82) is 0 Å². The number of carbonyl (C=O) groups is 1. The zero-order valence-corrected chi connectivity index (χ0v) is 17.1. The van der Waals surface area contributed by atoms with Gasteiger partial charge in [0.25, 0.3) is 0 Å². The zero-order chi connectivity index (χ0) is 18.2. The summed E-state index contributed by atoms with van der Waals surface area (Å²) in [5, 5.41) is 3.18. The van der Waals surface area contributed by atoms with Crippen LogP contribution in [0, 0.1) is 17.8 Å². The molecule has 0 bridgehead atoms. The molecule has 2 saturated heterocycles. The van der Waals surface area contributed by atoms with Crippen molar-refractivity contribution in [3.63, 3.8) is 0 Å². The minimum absolute atomic E-state index is 0.241. The number of unbranched alkanes of at least 4 members (excludes halogenated alkanes) is 1. The molecule has 2 aliphatic heterocycles. The van der Waals surface area contributed by atoms with E-state index in [0.717, 1.165) is 50.7 Å². The standard InChI is InChI=1S/C21H41N3O/c1-17(2)19-7-13-23(14-8-19)12-6-5-11-22-21(25)20-9-15-24(16-10-20)18(3)4/h17-20H,5-16H2,1-4H3,(H,22,25). The van der Waals surface area contributed by atoms with Crippen molar-refractivity contribution in [2.24, 2.45) is 17.8 Å². The Balaban J connectivity index is 1.50. The van der Waals surface area contributed by atoms with Gasteiger partial charge in [-0.1, -0.05) is 13.8 Å². The van der Waals surface area contributed by atoms with Gasteiger partial charge in [-0.05, 0) is 96.9 Å². The highest BCUT2D eigenvalue weighted by Gasteiger charge is 2.25. The van der Waals surface area contributed by atoms with Gasteiger partial charge in [0.05, 0.1) is 0 Å². The van der Waals surface area contributed by atoms with Crippen LogP contribution in [0.25, 0.3) is 0 Å². The van der Waals surface area contributed by atoms with E-state index in [1.807, 2.05) is 0 Å². The topological polar surface area (TPSA) is 35.6 Å². The van der Waals surface area contributed by atoms with Gasteiger partial charge in [-0.15, -0.1) is 0 Å². The summed E-state index contributed by atoms with van der Waals surface area (Å²) in [6.07, 6.45) is 7.09. The normalized spacial score (nSPS) is 22.0. The number of nitrogens with one attached hydrogen (secondary N) is 1. The molecule has 1 amide bonds. The third-order valence-corrected chi connectivity index (χ3v) is 6.41. The molecule has 0 spiro atoms. The van der Waals surface area contributed by atoms with Gasteiger partial charge < -0.3 is 15.1 Å². The van der Waals surface area contributed by atoms with Crippen LogP contribution in [0.3, 0.4) is 0 Å². The van der Waals surface area contributed by atoms with Crippen molar-refractivity contribution in [2.45, 2.75) is 72.3 Å². The number of rotatable bonds is 8. The third kappa shape index (κ3) is 6.90. The monoisotopic (exact) mass is 351 g/mol. The van der Waals surface area contributed by atoms with Gasteiger partial charge in [-0.3, -0.25) is 4.79 Å². The highest BCUT2D eigenvalue weighted by Crippen LogP contribution is 2.24. The fraction of sp³-hybridized carbons (Fsp3) is 0.952. The maximum atomic E-state index is 12.3. The van der Waals surface area contributed by atoms with Crippen molar-refractivity contribution in [2.75, 3.05) is 39.3 Å². The highest BCUT2D eigenvalue weighted by atomic mass is 16.1. The Kier molecular flexibility index (Phi) is 8.71. The summed E-state index contributed by atoms with van der Waals surface area (Å²) in [5.41, 5.74) is 0. The van der Waals surface area contributed by atoms with Crippen LogP contribution in [0.2, 0.25) is 0 Å². The molecule has 1 N–H and O–H groups in total. The third-order valence-electron chi connectivity index (χ3n) is 6.41. The minimum atomic E-state index is 0.241. The van der Waals surface area contributed by atoms with Crippen LogP contribution in [0.1, 0.15) is 66.2 Å². The molecule has 0 aromatic carbocycles. The van der Waals surface area contributed by atoms with Gasteiger partial charge in [-0.2, -0.15) is 0 Å². The lowest BCUT2D eigenvalue weighted by Crippen LogP contribution is -2.43.